The smallest absolute Gasteiger partial charge is 0.127 e. The first kappa shape index (κ1) is 11.2. The molecule has 0 aliphatic rings. The van der Waals surface area contributed by atoms with Gasteiger partial charge in [-0.2, -0.15) is 0 Å². The van der Waals surface area contributed by atoms with Gasteiger partial charge in [-0.15, -0.1) is 11.3 Å². The van der Waals surface area contributed by atoms with Gasteiger partial charge in [0, 0.05) is 36.7 Å². The van der Waals surface area contributed by atoms with Crippen LogP contribution in [-0.2, 0) is 13.0 Å². The number of hydrogen-bond acceptors (Lipinski definition) is 3. The number of nitrogens with one attached hydrogen (secondary N) is 1. The van der Waals surface area contributed by atoms with Gasteiger partial charge in [0.05, 0.1) is 5.01 Å². The summed E-state index contributed by atoms with van der Waals surface area (Å²) < 4.78 is 13.2. The lowest BCUT2D eigenvalue weighted by atomic mass is 10.2. The second-order valence-corrected chi connectivity index (χ2v) is 4.42. The number of rotatable bonds is 5. The largest absolute Gasteiger partial charge is 0.312 e. The molecule has 0 saturated carbocycles. The Kier molecular flexibility index (Phi) is 4.02. The maximum Gasteiger partial charge on any atom is 0.127 e. The van der Waals surface area contributed by atoms with E-state index in [2.05, 4.69) is 10.3 Å². The molecule has 2 rings (SSSR count). The zero-order valence-electron chi connectivity index (χ0n) is 8.82. The Morgan fingerprint density at radius 1 is 1.31 bits per heavy atom. The number of thiazole rings is 1. The molecule has 2 aromatic rings. The van der Waals surface area contributed by atoms with Gasteiger partial charge in [0.1, 0.15) is 5.82 Å². The quantitative estimate of drug-likeness (QED) is 0.807. The average Bonchev–Trinajstić information content (AvgIpc) is 2.79. The van der Waals surface area contributed by atoms with Gasteiger partial charge in [-0.1, -0.05) is 18.2 Å². The predicted octanol–water partition coefficient (Wildman–Crippen LogP) is 2.61. The van der Waals surface area contributed by atoms with Crippen LogP contribution in [0.25, 0.3) is 0 Å². The van der Waals surface area contributed by atoms with E-state index in [1.54, 1.807) is 29.7 Å². The fraction of sp³-hybridized carbons (Fsp3) is 0.250. The van der Waals surface area contributed by atoms with Crippen molar-refractivity contribution in [1.29, 1.82) is 0 Å². The van der Waals surface area contributed by atoms with Crippen LogP contribution in [0.1, 0.15) is 10.6 Å². The molecule has 0 unspecified atom stereocenters. The van der Waals surface area contributed by atoms with Crippen molar-refractivity contribution in [3.8, 4) is 0 Å². The van der Waals surface area contributed by atoms with Crippen LogP contribution in [0.5, 0.6) is 0 Å². The molecule has 0 spiro atoms. The molecule has 0 saturated heterocycles. The number of hydrogen-bond donors (Lipinski definition) is 1. The zero-order valence-corrected chi connectivity index (χ0v) is 9.64. The predicted molar refractivity (Wildman–Crippen MR) is 63.9 cm³/mol. The van der Waals surface area contributed by atoms with E-state index in [1.165, 1.54) is 6.07 Å². The molecule has 1 N–H and O–H groups in total. The molecule has 0 radical (unpaired) electrons. The van der Waals surface area contributed by atoms with E-state index in [1.807, 2.05) is 11.4 Å². The summed E-state index contributed by atoms with van der Waals surface area (Å²) in [6, 6.07) is 6.83. The summed E-state index contributed by atoms with van der Waals surface area (Å²) in [5.41, 5.74) is 0.710. The maximum atomic E-state index is 13.2. The fourth-order valence-electron chi connectivity index (χ4n) is 1.44. The van der Waals surface area contributed by atoms with Crippen LogP contribution in [0, 0.1) is 5.82 Å². The van der Waals surface area contributed by atoms with Gasteiger partial charge in [0.15, 0.2) is 0 Å². The van der Waals surface area contributed by atoms with Crippen molar-refractivity contribution in [2.45, 2.75) is 13.0 Å². The van der Waals surface area contributed by atoms with Gasteiger partial charge in [-0.3, -0.25) is 0 Å². The molecule has 1 aromatic heterocycles. The molecule has 1 aromatic carbocycles. The van der Waals surface area contributed by atoms with Gasteiger partial charge >= 0.3 is 0 Å². The molecule has 2 nitrogen and oxygen atoms in total. The topological polar surface area (TPSA) is 24.9 Å². The van der Waals surface area contributed by atoms with Crippen LogP contribution >= 0.6 is 11.3 Å². The van der Waals surface area contributed by atoms with Crippen molar-refractivity contribution < 1.29 is 4.39 Å². The molecule has 0 atom stereocenters. The summed E-state index contributed by atoms with van der Waals surface area (Å²) in [6.45, 7) is 1.39. The monoisotopic (exact) mass is 236 g/mol. The molecule has 4 heteroatoms. The number of nitrogens with zero attached hydrogens (tertiary/aromatic N) is 1. The van der Waals surface area contributed by atoms with Gasteiger partial charge < -0.3 is 5.32 Å². The molecule has 1 heterocycles. The second kappa shape index (κ2) is 5.72. The SMILES string of the molecule is Fc1ccccc1CNCCc1nccs1. The van der Waals surface area contributed by atoms with E-state index in [9.17, 15) is 4.39 Å². The third-order valence-corrected chi connectivity index (χ3v) is 3.11. The molecule has 0 fully saturated rings. The van der Waals surface area contributed by atoms with Crippen molar-refractivity contribution in [3.05, 3.63) is 52.2 Å². The summed E-state index contributed by atoms with van der Waals surface area (Å²) in [5.74, 6) is -0.149. The lowest BCUT2D eigenvalue weighted by Gasteiger charge is -2.04. The highest BCUT2D eigenvalue weighted by molar-refractivity contribution is 7.09. The molecule has 0 aliphatic carbocycles. The van der Waals surface area contributed by atoms with E-state index in [0.717, 1.165) is 18.0 Å². The summed E-state index contributed by atoms with van der Waals surface area (Å²) >= 11 is 1.65. The first-order valence-corrected chi connectivity index (χ1v) is 6.07. The Balaban J connectivity index is 1.74. The number of aromatic nitrogens is 1. The summed E-state index contributed by atoms with van der Waals surface area (Å²) in [7, 11) is 0. The van der Waals surface area contributed by atoms with Gasteiger partial charge in [0.25, 0.3) is 0 Å². The molecule has 0 aliphatic heterocycles. The van der Waals surface area contributed by atoms with Crippen molar-refractivity contribution in [3.63, 3.8) is 0 Å². The van der Waals surface area contributed by atoms with E-state index < -0.39 is 0 Å². The van der Waals surface area contributed by atoms with Crippen LogP contribution < -0.4 is 5.32 Å². The first-order valence-electron chi connectivity index (χ1n) is 5.19. The molecule has 0 amide bonds. The van der Waals surface area contributed by atoms with Crippen molar-refractivity contribution in [2.75, 3.05) is 6.54 Å². The van der Waals surface area contributed by atoms with Gasteiger partial charge in [-0.05, 0) is 6.07 Å². The zero-order chi connectivity index (χ0) is 11.2. The molecular formula is C12H13FN2S. The minimum absolute atomic E-state index is 0.149. The molecule has 0 bridgehead atoms. The normalized spacial score (nSPS) is 10.6. The Hall–Kier alpha value is -1.26. The highest BCUT2D eigenvalue weighted by Gasteiger charge is 2.00. The Morgan fingerprint density at radius 2 is 2.19 bits per heavy atom. The molecule has 84 valence electrons. The van der Waals surface area contributed by atoms with Crippen molar-refractivity contribution >= 4 is 11.3 Å². The third-order valence-electron chi connectivity index (χ3n) is 2.27. The Labute approximate surface area is 98.2 Å². The summed E-state index contributed by atoms with van der Waals surface area (Å²) in [5, 5.41) is 6.28. The lowest BCUT2D eigenvalue weighted by Crippen LogP contribution is -2.17. The van der Waals surface area contributed by atoms with Gasteiger partial charge in [-0.25, -0.2) is 9.37 Å². The van der Waals surface area contributed by atoms with Crippen LogP contribution in [0.3, 0.4) is 0 Å². The maximum absolute atomic E-state index is 13.2. The first-order chi connectivity index (χ1) is 7.86. The van der Waals surface area contributed by atoms with E-state index >= 15 is 0 Å². The minimum Gasteiger partial charge on any atom is -0.312 e. The third kappa shape index (κ3) is 3.12. The number of benzene rings is 1. The molecule has 16 heavy (non-hydrogen) atoms. The standard InChI is InChI=1S/C12H13FN2S/c13-11-4-2-1-3-10(11)9-14-6-5-12-15-7-8-16-12/h1-4,7-8,14H,5-6,9H2. The highest BCUT2D eigenvalue weighted by atomic mass is 32.1. The van der Waals surface area contributed by atoms with Crippen LogP contribution in [0.2, 0.25) is 0 Å². The highest BCUT2D eigenvalue weighted by Crippen LogP contribution is 2.06. The van der Waals surface area contributed by atoms with E-state index in [4.69, 9.17) is 0 Å². The summed E-state index contributed by atoms with van der Waals surface area (Å²) in [6.07, 6.45) is 2.70. The Morgan fingerprint density at radius 3 is 2.94 bits per heavy atom. The van der Waals surface area contributed by atoms with Crippen molar-refractivity contribution in [1.82, 2.24) is 10.3 Å². The number of halogens is 1. The second-order valence-electron chi connectivity index (χ2n) is 3.44. The van der Waals surface area contributed by atoms with Crippen LogP contribution in [-0.4, -0.2) is 11.5 Å². The average molecular weight is 236 g/mol. The minimum atomic E-state index is -0.149. The van der Waals surface area contributed by atoms with Crippen molar-refractivity contribution in [2.24, 2.45) is 0 Å². The fourth-order valence-corrected chi connectivity index (χ4v) is 2.06. The van der Waals surface area contributed by atoms with E-state index in [0.29, 0.717) is 12.1 Å². The van der Waals surface area contributed by atoms with Crippen LogP contribution in [0.15, 0.2) is 35.8 Å². The summed E-state index contributed by atoms with van der Waals surface area (Å²) in [4.78, 5) is 4.18. The van der Waals surface area contributed by atoms with Gasteiger partial charge in [0.2, 0.25) is 0 Å². The Bertz CT molecular complexity index is 428. The molecular weight excluding hydrogens is 223 g/mol. The van der Waals surface area contributed by atoms with Crippen LogP contribution in [0.4, 0.5) is 4.39 Å². The lowest BCUT2D eigenvalue weighted by molar-refractivity contribution is 0.588. The van der Waals surface area contributed by atoms with E-state index in [-0.39, 0.29) is 5.82 Å².